The van der Waals surface area contributed by atoms with Crippen molar-refractivity contribution in [1.82, 2.24) is 19.3 Å². The fraction of sp³-hybridized carbons (Fsp3) is 0.211. The van der Waals surface area contributed by atoms with E-state index < -0.39 is 27.8 Å². The van der Waals surface area contributed by atoms with E-state index in [1.54, 1.807) is 13.0 Å². The molecule has 30 heavy (non-hydrogen) atoms. The van der Waals surface area contributed by atoms with Crippen LogP contribution in [0.15, 0.2) is 53.7 Å². The van der Waals surface area contributed by atoms with E-state index in [1.807, 2.05) is 4.72 Å². The molecule has 0 saturated heterocycles. The Balaban J connectivity index is 2.07. The van der Waals surface area contributed by atoms with Gasteiger partial charge in [-0.2, -0.15) is 13.2 Å². The van der Waals surface area contributed by atoms with Gasteiger partial charge in [-0.1, -0.05) is 6.92 Å². The van der Waals surface area contributed by atoms with Crippen LogP contribution in [0.2, 0.25) is 0 Å². The number of benzene rings is 1. The quantitative estimate of drug-likeness (QED) is 0.658. The Hall–Kier alpha value is -3.21. The molecule has 0 unspecified atom stereocenters. The van der Waals surface area contributed by atoms with E-state index in [9.17, 15) is 26.4 Å². The van der Waals surface area contributed by atoms with E-state index in [2.05, 4.69) is 9.97 Å². The monoisotopic (exact) mass is 438 g/mol. The summed E-state index contributed by atoms with van der Waals surface area (Å²) in [4.78, 5) is 19.0. The molecule has 0 fully saturated rings. The topological polar surface area (TPSA) is 94.0 Å². The molecule has 0 aliphatic carbocycles. The van der Waals surface area contributed by atoms with E-state index in [0.29, 0.717) is 11.3 Å². The number of carbonyl (C=O) groups excluding carboxylic acids is 1. The molecule has 3 rings (SSSR count). The Labute approximate surface area is 170 Å². The van der Waals surface area contributed by atoms with Crippen molar-refractivity contribution >= 4 is 15.9 Å². The smallest absolute Gasteiger partial charge is 0.299 e. The molecule has 1 amide bonds. The number of pyridine rings is 1. The Bertz CT molecular complexity index is 1190. The lowest BCUT2D eigenvalue weighted by Crippen LogP contribution is -2.29. The van der Waals surface area contributed by atoms with Gasteiger partial charge in [0.1, 0.15) is 5.82 Å². The number of nitrogens with one attached hydrogen (secondary N) is 1. The van der Waals surface area contributed by atoms with Crippen LogP contribution in [-0.4, -0.2) is 28.9 Å². The highest BCUT2D eigenvalue weighted by Gasteiger charge is 2.35. The van der Waals surface area contributed by atoms with Crippen LogP contribution in [0, 0.1) is 6.92 Å². The van der Waals surface area contributed by atoms with Crippen LogP contribution in [0.3, 0.4) is 0 Å². The van der Waals surface area contributed by atoms with Gasteiger partial charge in [0.25, 0.3) is 10.0 Å². The number of hydrogen-bond donors (Lipinski definition) is 1. The predicted octanol–water partition coefficient (Wildman–Crippen LogP) is 3.48. The zero-order valence-corrected chi connectivity index (χ0v) is 16.8. The third-order valence-electron chi connectivity index (χ3n) is 4.15. The molecule has 1 N–H and O–H groups in total. The SMILES string of the molecule is CCC(=O)NS(=O)(=O)c1ccc(-n2cc(C(F)(F)F)nc2-c2ccnc(C)c2)cc1. The van der Waals surface area contributed by atoms with Crippen LogP contribution < -0.4 is 4.72 Å². The molecule has 0 aliphatic heterocycles. The first-order valence-electron chi connectivity index (χ1n) is 8.77. The molecular formula is C19H17F3N4O3S. The number of halogens is 3. The molecule has 11 heteroatoms. The minimum absolute atomic E-state index is 0.0126. The molecule has 3 aromatic rings. The van der Waals surface area contributed by atoms with Crippen molar-refractivity contribution in [3.8, 4) is 17.1 Å². The van der Waals surface area contributed by atoms with E-state index >= 15 is 0 Å². The first-order valence-corrected chi connectivity index (χ1v) is 10.3. The normalized spacial score (nSPS) is 12.0. The van der Waals surface area contributed by atoms with Gasteiger partial charge in [-0.3, -0.25) is 14.3 Å². The van der Waals surface area contributed by atoms with Crippen LogP contribution in [0.5, 0.6) is 0 Å². The summed E-state index contributed by atoms with van der Waals surface area (Å²) in [7, 11) is -4.07. The summed E-state index contributed by atoms with van der Waals surface area (Å²) < 4.78 is 67.3. The number of aryl methyl sites for hydroxylation is 1. The van der Waals surface area contributed by atoms with Crippen molar-refractivity contribution < 1.29 is 26.4 Å². The second-order valence-electron chi connectivity index (χ2n) is 6.38. The van der Waals surface area contributed by atoms with Gasteiger partial charge in [-0.15, -0.1) is 0 Å². The van der Waals surface area contributed by atoms with Gasteiger partial charge in [-0.05, 0) is 43.3 Å². The van der Waals surface area contributed by atoms with Crippen molar-refractivity contribution in [2.45, 2.75) is 31.3 Å². The van der Waals surface area contributed by atoms with Gasteiger partial charge >= 0.3 is 6.18 Å². The van der Waals surface area contributed by atoms with Gasteiger partial charge in [0.15, 0.2) is 5.69 Å². The first kappa shape index (κ1) is 21.5. The van der Waals surface area contributed by atoms with Crippen molar-refractivity contribution in [3.05, 3.63) is 60.2 Å². The maximum atomic E-state index is 13.3. The van der Waals surface area contributed by atoms with Crippen LogP contribution in [0.25, 0.3) is 17.1 Å². The molecule has 0 saturated carbocycles. The van der Waals surface area contributed by atoms with Gasteiger partial charge in [0.05, 0.1) is 4.90 Å². The molecule has 2 heterocycles. The molecule has 0 spiro atoms. The largest absolute Gasteiger partial charge is 0.434 e. The number of nitrogens with zero attached hydrogens (tertiary/aromatic N) is 3. The zero-order chi connectivity index (χ0) is 22.1. The Morgan fingerprint density at radius 2 is 1.83 bits per heavy atom. The molecule has 0 aliphatic rings. The Morgan fingerprint density at radius 1 is 1.17 bits per heavy atom. The van der Waals surface area contributed by atoms with Crippen LogP contribution >= 0.6 is 0 Å². The average Bonchev–Trinajstić information content (AvgIpc) is 3.13. The van der Waals surface area contributed by atoms with Crippen LogP contribution in [-0.2, 0) is 21.0 Å². The molecule has 7 nitrogen and oxygen atoms in total. The number of carbonyl (C=O) groups is 1. The highest BCUT2D eigenvalue weighted by Crippen LogP contribution is 2.32. The number of hydrogen-bond acceptors (Lipinski definition) is 5. The number of aromatic nitrogens is 3. The number of alkyl halides is 3. The van der Waals surface area contributed by atoms with E-state index in [0.717, 1.165) is 6.20 Å². The Kier molecular flexibility index (Phi) is 5.66. The number of sulfonamides is 1. The lowest BCUT2D eigenvalue weighted by Gasteiger charge is -2.10. The zero-order valence-electron chi connectivity index (χ0n) is 15.9. The van der Waals surface area contributed by atoms with Crippen LogP contribution in [0.1, 0.15) is 24.7 Å². The lowest BCUT2D eigenvalue weighted by atomic mass is 10.2. The Morgan fingerprint density at radius 3 is 2.40 bits per heavy atom. The minimum Gasteiger partial charge on any atom is -0.299 e. The summed E-state index contributed by atoms with van der Waals surface area (Å²) in [5.41, 5.74) is 0.204. The van der Waals surface area contributed by atoms with Crippen molar-refractivity contribution in [1.29, 1.82) is 0 Å². The summed E-state index contributed by atoms with van der Waals surface area (Å²) in [5.74, 6) is -0.637. The molecule has 1 aromatic carbocycles. The van der Waals surface area contributed by atoms with Crippen molar-refractivity contribution in [2.24, 2.45) is 0 Å². The summed E-state index contributed by atoms with van der Waals surface area (Å²) >= 11 is 0. The molecule has 158 valence electrons. The highest BCUT2D eigenvalue weighted by atomic mass is 32.2. The third kappa shape index (κ3) is 4.51. The van der Waals surface area contributed by atoms with Gasteiger partial charge in [-0.25, -0.2) is 18.1 Å². The van der Waals surface area contributed by atoms with Crippen molar-refractivity contribution in [3.63, 3.8) is 0 Å². The maximum absolute atomic E-state index is 13.3. The molecule has 0 bridgehead atoms. The van der Waals surface area contributed by atoms with E-state index in [-0.39, 0.29) is 22.8 Å². The summed E-state index contributed by atoms with van der Waals surface area (Å²) in [5, 5.41) is 0. The molecule has 0 atom stereocenters. The maximum Gasteiger partial charge on any atom is 0.434 e. The fourth-order valence-corrected chi connectivity index (χ4v) is 3.73. The minimum atomic E-state index is -4.66. The highest BCUT2D eigenvalue weighted by molar-refractivity contribution is 7.90. The number of amides is 1. The number of rotatable bonds is 5. The average molecular weight is 438 g/mol. The standard InChI is InChI=1S/C19H17F3N4O3S/c1-3-17(27)25-30(28,29)15-6-4-14(5-7-15)26-11-16(19(20,21)22)24-18(26)13-8-9-23-12(2)10-13/h4-11H,3H2,1-2H3,(H,25,27). The molecule has 2 aromatic heterocycles. The summed E-state index contributed by atoms with van der Waals surface area (Å²) in [6.07, 6.45) is -2.37. The van der Waals surface area contributed by atoms with Crippen LogP contribution in [0.4, 0.5) is 13.2 Å². The predicted molar refractivity (Wildman–Crippen MR) is 102 cm³/mol. The summed E-state index contributed by atoms with van der Waals surface area (Å²) in [6, 6.07) is 8.21. The summed E-state index contributed by atoms with van der Waals surface area (Å²) in [6.45, 7) is 3.21. The van der Waals surface area contributed by atoms with Crippen molar-refractivity contribution in [2.75, 3.05) is 0 Å². The number of imidazole rings is 1. The second-order valence-corrected chi connectivity index (χ2v) is 8.06. The lowest BCUT2D eigenvalue weighted by molar-refractivity contribution is -0.140. The molecular weight excluding hydrogens is 421 g/mol. The first-order chi connectivity index (χ1) is 14.0. The molecule has 0 radical (unpaired) electrons. The van der Waals surface area contributed by atoms with Gasteiger partial charge in [0, 0.05) is 35.8 Å². The van der Waals surface area contributed by atoms with Gasteiger partial charge < -0.3 is 0 Å². The fourth-order valence-electron chi connectivity index (χ4n) is 2.67. The van der Waals surface area contributed by atoms with E-state index in [1.165, 1.54) is 48.0 Å². The van der Waals surface area contributed by atoms with E-state index in [4.69, 9.17) is 0 Å². The third-order valence-corrected chi connectivity index (χ3v) is 5.53. The second kappa shape index (κ2) is 7.90. The van der Waals surface area contributed by atoms with Gasteiger partial charge in [0.2, 0.25) is 5.91 Å².